The Morgan fingerprint density at radius 1 is 0.833 bits per heavy atom. The minimum atomic E-state index is -1.04. The molecule has 0 spiro atoms. The van der Waals surface area contributed by atoms with E-state index < -0.39 is 11.9 Å². The summed E-state index contributed by atoms with van der Waals surface area (Å²) in [6.07, 6.45) is 4.86. The zero-order valence-corrected chi connectivity index (χ0v) is 12.6. The monoisotopic (exact) mass is 378 g/mol. The largest absolute Gasteiger partial charge is 0.478 e. The zero-order valence-electron chi connectivity index (χ0n) is 9.15. The maximum Gasteiger partial charge on any atom is 0.328 e. The molecule has 1 aromatic carbocycles. The molecule has 18 heavy (non-hydrogen) atoms. The van der Waals surface area contributed by atoms with Crippen LogP contribution in [-0.4, -0.2) is 22.2 Å². The Bertz CT molecular complexity index is 424. The fourth-order valence-electron chi connectivity index (χ4n) is 1.14. The van der Waals surface area contributed by atoms with E-state index in [2.05, 4.69) is 0 Å². The summed E-state index contributed by atoms with van der Waals surface area (Å²) in [5.41, 5.74) is 1.31. The summed E-state index contributed by atoms with van der Waals surface area (Å²) in [7, 11) is 0. The molecule has 0 bridgehead atoms. The third-order valence-corrected chi connectivity index (χ3v) is 1.81. The average molecular weight is 380 g/mol. The molecule has 0 unspecified atom stereocenters. The summed E-state index contributed by atoms with van der Waals surface area (Å²) in [5, 5.41) is 17.0. The minimum absolute atomic E-state index is 0. The van der Waals surface area contributed by atoms with Crippen molar-refractivity contribution in [1.82, 2.24) is 0 Å². The van der Waals surface area contributed by atoms with E-state index in [0.717, 1.165) is 12.2 Å². The van der Waals surface area contributed by atoms with Gasteiger partial charge in [0.25, 0.3) is 0 Å². The summed E-state index contributed by atoms with van der Waals surface area (Å²) < 4.78 is 0. The highest BCUT2D eigenvalue weighted by molar-refractivity contribution is 8.93. The first-order valence-electron chi connectivity index (χ1n) is 4.50. The Morgan fingerprint density at radius 2 is 1.17 bits per heavy atom. The molecule has 0 aliphatic rings. The second-order valence-electron chi connectivity index (χ2n) is 2.97. The van der Waals surface area contributed by atoms with Crippen molar-refractivity contribution in [1.29, 1.82) is 0 Å². The minimum Gasteiger partial charge on any atom is -0.478 e. The molecule has 0 aromatic heterocycles. The van der Waals surface area contributed by atoms with Crippen LogP contribution in [0.25, 0.3) is 12.2 Å². The van der Waals surface area contributed by atoms with E-state index >= 15 is 0 Å². The lowest BCUT2D eigenvalue weighted by Crippen LogP contribution is -1.88. The number of carboxylic acid groups (broad SMARTS) is 2. The van der Waals surface area contributed by atoms with E-state index in [-0.39, 0.29) is 34.0 Å². The lowest BCUT2D eigenvalue weighted by molar-refractivity contribution is -0.132. The van der Waals surface area contributed by atoms with Crippen LogP contribution in [0.2, 0.25) is 0 Å². The van der Waals surface area contributed by atoms with Gasteiger partial charge in [-0.2, -0.15) is 0 Å². The summed E-state index contributed by atoms with van der Waals surface area (Å²) in [4.78, 5) is 20.7. The molecule has 2 N–H and O–H groups in total. The maximum absolute atomic E-state index is 10.4. The van der Waals surface area contributed by atoms with Crippen LogP contribution in [0, 0.1) is 0 Å². The zero-order chi connectivity index (χ0) is 12.0. The topological polar surface area (TPSA) is 74.6 Å². The first-order valence-corrected chi connectivity index (χ1v) is 4.50. The van der Waals surface area contributed by atoms with Crippen molar-refractivity contribution in [2.45, 2.75) is 0 Å². The van der Waals surface area contributed by atoms with E-state index in [1.807, 2.05) is 0 Å². The van der Waals surface area contributed by atoms with Crippen molar-refractivity contribution in [3.8, 4) is 0 Å². The molecule has 1 aromatic rings. The van der Waals surface area contributed by atoms with E-state index in [0.29, 0.717) is 11.1 Å². The van der Waals surface area contributed by atoms with Crippen LogP contribution in [0.15, 0.2) is 36.4 Å². The lowest BCUT2D eigenvalue weighted by Gasteiger charge is -1.98. The Labute approximate surface area is 125 Å². The van der Waals surface area contributed by atoms with E-state index in [1.165, 1.54) is 12.2 Å². The van der Waals surface area contributed by atoms with Gasteiger partial charge in [-0.25, -0.2) is 9.59 Å². The summed E-state index contributed by atoms with van der Waals surface area (Å²) in [6.45, 7) is 0. The smallest absolute Gasteiger partial charge is 0.328 e. The quantitative estimate of drug-likeness (QED) is 0.788. The fraction of sp³-hybridized carbons (Fsp3) is 0. The molecular formula is C12H12Br2O4. The van der Waals surface area contributed by atoms with E-state index in [4.69, 9.17) is 10.2 Å². The average Bonchev–Trinajstić information content (AvgIpc) is 2.24. The van der Waals surface area contributed by atoms with E-state index in [9.17, 15) is 9.59 Å². The van der Waals surface area contributed by atoms with Gasteiger partial charge in [0.2, 0.25) is 0 Å². The Kier molecular flexibility index (Phi) is 10.1. The highest BCUT2D eigenvalue weighted by Crippen LogP contribution is 2.12. The molecule has 4 nitrogen and oxygen atoms in total. The standard InChI is InChI=1S/C12H10O4.2BrH/c13-11(14)7-5-9-3-1-2-4-10(9)6-8-12(15)16;;/h1-8H,(H,13,14)(H,15,16);2*1H. The van der Waals surface area contributed by atoms with Crippen molar-refractivity contribution in [3.63, 3.8) is 0 Å². The molecule has 0 amide bonds. The first kappa shape index (κ1) is 19.0. The molecule has 6 heteroatoms. The Morgan fingerprint density at radius 3 is 1.44 bits per heavy atom. The number of benzene rings is 1. The first-order chi connectivity index (χ1) is 7.59. The molecule has 1 rings (SSSR count). The van der Waals surface area contributed by atoms with Crippen molar-refractivity contribution in [2.75, 3.05) is 0 Å². The highest BCUT2D eigenvalue weighted by Gasteiger charge is 1.96. The van der Waals surface area contributed by atoms with Crippen LogP contribution in [0.4, 0.5) is 0 Å². The lowest BCUT2D eigenvalue weighted by atomic mass is 10.1. The molecule has 0 fully saturated rings. The van der Waals surface area contributed by atoms with Gasteiger partial charge in [0, 0.05) is 12.2 Å². The van der Waals surface area contributed by atoms with Gasteiger partial charge < -0.3 is 10.2 Å². The van der Waals surface area contributed by atoms with Gasteiger partial charge in [-0.15, -0.1) is 34.0 Å². The van der Waals surface area contributed by atoms with Gasteiger partial charge in [0.1, 0.15) is 0 Å². The summed E-state index contributed by atoms with van der Waals surface area (Å²) in [5.74, 6) is -2.09. The second-order valence-corrected chi connectivity index (χ2v) is 2.97. The van der Waals surface area contributed by atoms with Crippen LogP contribution < -0.4 is 0 Å². The summed E-state index contributed by atoms with van der Waals surface area (Å²) in [6, 6.07) is 6.92. The van der Waals surface area contributed by atoms with Gasteiger partial charge in [-0.05, 0) is 23.3 Å². The SMILES string of the molecule is Br.Br.O=C(O)C=Cc1ccccc1C=CC(=O)O. The Hall–Kier alpha value is -1.40. The number of carbonyl (C=O) groups is 2. The molecule has 0 heterocycles. The molecule has 0 saturated heterocycles. The molecule has 0 atom stereocenters. The predicted molar refractivity (Wildman–Crippen MR) is 80.4 cm³/mol. The van der Waals surface area contributed by atoms with Crippen molar-refractivity contribution in [2.24, 2.45) is 0 Å². The van der Waals surface area contributed by atoms with Gasteiger partial charge in [-0.3, -0.25) is 0 Å². The van der Waals surface area contributed by atoms with Crippen LogP contribution in [0.1, 0.15) is 11.1 Å². The molecule has 0 aliphatic heterocycles. The predicted octanol–water partition coefficient (Wildman–Crippen LogP) is 3.04. The number of hydrogen-bond acceptors (Lipinski definition) is 2. The van der Waals surface area contributed by atoms with Gasteiger partial charge in [-0.1, -0.05) is 24.3 Å². The number of halogens is 2. The Balaban J connectivity index is 0. The van der Waals surface area contributed by atoms with Gasteiger partial charge in [0.15, 0.2) is 0 Å². The highest BCUT2D eigenvalue weighted by atomic mass is 79.9. The second kappa shape index (κ2) is 9.61. The van der Waals surface area contributed by atoms with Crippen LogP contribution in [0.5, 0.6) is 0 Å². The molecule has 0 aliphatic carbocycles. The normalized spacial score (nSPS) is 9.78. The fourth-order valence-corrected chi connectivity index (χ4v) is 1.14. The number of carboxylic acids is 2. The molecule has 98 valence electrons. The van der Waals surface area contributed by atoms with Gasteiger partial charge >= 0.3 is 11.9 Å². The van der Waals surface area contributed by atoms with Crippen LogP contribution in [-0.2, 0) is 9.59 Å². The van der Waals surface area contributed by atoms with Crippen LogP contribution >= 0.6 is 34.0 Å². The number of hydrogen-bond donors (Lipinski definition) is 2. The molecular weight excluding hydrogens is 368 g/mol. The molecule has 0 radical (unpaired) electrons. The summed E-state index contributed by atoms with van der Waals surface area (Å²) >= 11 is 0. The van der Waals surface area contributed by atoms with Crippen molar-refractivity contribution < 1.29 is 19.8 Å². The van der Waals surface area contributed by atoms with Crippen molar-refractivity contribution in [3.05, 3.63) is 47.5 Å². The third-order valence-electron chi connectivity index (χ3n) is 1.81. The third kappa shape index (κ3) is 7.03. The number of rotatable bonds is 4. The van der Waals surface area contributed by atoms with Crippen LogP contribution in [0.3, 0.4) is 0 Å². The molecule has 0 saturated carbocycles. The number of aliphatic carboxylic acids is 2. The van der Waals surface area contributed by atoms with Crippen molar-refractivity contribution >= 4 is 58.1 Å². The van der Waals surface area contributed by atoms with E-state index in [1.54, 1.807) is 24.3 Å². The van der Waals surface area contributed by atoms with Gasteiger partial charge in [0.05, 0.1) is 0 Å². The maximum atomic E-state index is 10.4.